The number of rotatable bonds is 1. The molecule has 1 aromatic rings. The van der Waals surface area contributed by atoms with Crippen molar-refractivity contribution in [2.24, 2.45) is 10.7 Å². The number of guanidine groups is 1. The van der Waals surface area contributed by atoms with Gasteiger partial charge in [-0.1, -0.05) is 6.07 Å². The van der Waals surface area contributed by atoms with Crippen molar-refractivity contribution in [3.05, 3.63) is 35.4 Å². The summed E-state index contributed by atoms with van der Waals surface area (Å²) in [4.78, 5) is 3.97. The molecule has 80 valence electrons. The number of hydrogen-bond donors (Lipinski definition) is 2. The van der Waals surface area contributed by atoms with Crippen molar-refractivity contribution >= 4 is 5.96 Å². The maximum Gasteiger partial charge on any atom is 0.188 e. The van der Waals surface area contributed by atoms with Crippen LogP contribution in [0.4, 0.5) is 8.78 Å². The molecule has 3 nitrogen and oxygen atoms in total. The van der Waals surface area contributed by atoms with Gasteiger partial charge in [0, 0.05) is 18.5 Å². The van der Waals surface area contributed by atoms with Gasteiger partial charge in [-0.3, -0.25) is 4.99 Å². The number of benzene rings is 1. The molecule has 1 heterocycles. The highest BCUT2D eigenvalue weighted by molar-refractivity contribution is 5.78. The predicted molar refractivity (Wildman–Crippen MR) is 53.6 cm³/mol. The van der Waals surface area contributed by atoms with Crippen molar-refractivity contribution in [1.82, 2.24) is 5.32 Å². The molecule has 0 bridgehead atoms. The molecule has 1 aliphatic rings. The van der Waals surface area contributed by atoms with Gasteiger partial charge in [0.05, 0.1) is 6.54 Å². The van der Waals surface area contributed by atoms with Crippen LogP contribution in [-0.4, -0.2) is 19.0 Å². The molecule has 0 aromatic heterocycles. The Morgan fingerprint density at radius 3 is 2.80 bits per heavy atom. The number of hydrogen-bond acceptors (Lipinski definition) is 3. The van der Waals surface area contributed by atoms with Crippen molar-refractivity contribution in [3.8, 4) is 0 Å². The molecule has 0 spiro atoms. The van der Waals surface area contributed by atoms with Crippen LogP contribution in [0.25, 0.3) is 0 Å². The van der Waals surface area contributed by atoms with E-state index < -0.39 is 11.6 Å². The molecule has 1 atom stereocenters. The second-order valence-corrected chi connectivity index (χ2v) is 3.47. The Kier molecular flexibility index (Phi) is 2.53. The largest absolute Gasteiger partial charge is 0.370 e. The van der Waals surface area contributed by atoms with E-state index in [9.17, 15) is 8.78 Å². The standard InChI is InChI=1S/C10H11F2N3/c11-7-1-2-8(9(12)3-7)6-4-14-10(13)15-5-6/h1-3,6H,4-5H2,(H3,13,14,15). The van der Waals surface area contributed by atoms with E-state index in [-0.39, 0.29) is 5.92 Å². The third-order valence-electron chi connectivity index (χ3n) is 2.41. The van der Waals surface area contributed by atoms with E-state index in [4.69, 9.17) is 5.73 Å². The van der Waals surface area contributed by atoms with Gasteiger partial charge in [0.15, 0.2) is 5.96 Å². The van der Waals surface area contributed by atoms with E-state index in [1.54, 1.807) is 0 Å². The van der Waals surface area contributed by atoms with Crippen LogP contribution in [-0.2, 0) is 0 Å². The minimum absolute atomic E-state index is 0.0853. The van der Waals surface area contributed by atoms with Crippen LogP contribution in [0.1, 0.15) is 11.5 Å². The van der Waals surface area contributed by atoms with Crippen LogP contribution in [0.2, 0.25) is 0 Å². The fourth-order valence-corrected chi connectivity index (χ4v) is 1.60. The van der Waals surface area contributed by atoms with Crippen LogP contribution in [0, 0.1) is 11.6 Å². The summed E-state index contributed by atoms with van der Waals surface area (Å²) in [6.45, 7) is 0.958. The van der Waals surface area contributed by atoms with Crippen LogP contribution in [0.15, 0.2) is 23.2 Å². The van der Waals surface area contributed by atoms with Gasteiger partial charge in [0.2, 0.25) is 0 Å². The summed E-state index contributed by atoms with van der Waals surface area (Å²) in [6.07, 6.45) is 0. The zero-order chi connectivity index (χ0) is 10.8. The number of halogens is 2. The minimum Gasteiger partial charge on any atom is -0.370 e. The Bertz CT molecular complexity index is 404. The van der Waals surface area contributed by atoms with Gasteiger partial charge < -0.3 is 11.1 Å². The molecule has 1 aliphatic heterocycles. The molecule has 3 N–H and O–H groups in total. The van der Waals surface area contributed by atoms with Gasteiger partial charge in [0.25, 0.3) is 0 Å². The molecule has 15 heavy (non-hydrogen) atoms. The zero-order valence-electron chi connectivity index (χ0n) is 8.00. The van der Waals surface area contributed by atoms with Gasteiger partial charge >= 0.3 is 0 Å². The van der Waals surface area contributed by atoms with Gasteiger partial charge in [0.1, 0.15) is 11.6 Å². The molecular formula is C10H11F2N3. The van der Waals surface area contributed by atoms with Crippen LogP contribution < -0.4 is 11.1 Å². The van der Waals surface area contributed by atoms with Crippen LogP contribution >= 0.6 is 0 Å². The lowest BCUT2D eigenvalue weighted by Gasteiger charge is -2.21. The van der Waals surface area contributed by atoms with Gasteiger partial charge in [-0.05, 0) is 11.6 Å². The highest BCUT2D eigenvalue weighted by atomic mass is 19.1. The lowest BCUT2D eigenvalue weighted by molar-refractivity contribution is 0.542. The van der Waals surface area contributed by atoms with E-state index in [2.05, 4.69) is 10.3 Å². The van der Waals surface area contributed by atoms with E-state index in [1.807, 2.05) is 0 Å². The molecule has 0 saturated heterocycles. The SMILES string of the molecule is NC1=NCC(c2ccc(F)cc2F)CN1. The molecule has 5 heteroatoms. The Labute approximate surface area is 86.0 Å². The number of nitrogens with two attached hydrogens (primary N) is 1. The number of nitrogens with one attached hydrogen (secondary N) is 1. The van der Waals surface area contributed by atoms with E-state index >= 15 is 0 Å². The molecule has 1 unspecified atom stereocenters. The molecule has 1 aromatic carbocycles. The van der Waals surface area contributed by atoms with Crippen molar-refractivity contribution in [3.63, 3.8) is 0 Å². The van der Waals surface area contributed by atoms with Crippen molar-refractivity contribution < 1.29 is 8.78 Å². The molecule has 0 saturated carbocycles. The summed E-state index contributed by atoms with van der Waals surface area (Å²) < 4.78 is 26.1. The van der Waals surface area contributed by atoms with Gasteiger partial charge in [-0.15, -0.1) is 0 Å². The number of aliphatic imine (C=N–C) groups is 1. The number of nitrogens with zero attached hydrogens (tertiary/aromatic N) is 1. The van der Waals surface area contributed by atoms with Gasteiger partial charge in [-0.25, -0.2) is 8.78 Å². The summed E-state index contributed by atoms with van der Waals surface area (Å²) in [5.74, 6) is -0.813. The first-order valence-corrected chi connectivity index (χ1v) is 4.65. The second kappa shape index (κ2) is 3.84. The first-order valence-electron chi connectivity index (χ1n) is 4.65. The van der Waals surface area contributed by atoms with E-state index in [0.29, 0.717) is 24.6 Å². The summed E-state index contributed by atoms with van der Waals surface area (Å²) in [6, 6.07) is 3.59. The zero-order valence-corrected chi connectivity index (χ0v) is 8.00. The third-order valence-corrected chi connectivity index (χ3v) is 2.41. The molecule has 0 fully saturated rings. The Balaban J connectivity index is 2.23. The van der Waals surface area contributed by atoms with E-state index in [0.717, 1.165) is 6.07 Å². The lowest BCUT2D eigenvalue weighted by Crippen LogP contribution is -2.40. The predicted octanol–water partition coefficient (Wildman–Crippen LogP) is 0.966. The highest BCUT2D eigenvalue weighted by Crippen LogP contribution is 2.21. The third kappa shape index (κ3) is 2.06. The monoisotopic (exact) mass is 211 g/mol. The highest BCUT2D eigenvalue weighted by Gasteiger charge is 2.19. The summed E-state index contributed by atoms with van der Waals surface area (Å²) in [7, 11) is 0. The first-order chi connectivity index (χ1) is 7.16. The van der Waals surface area contributed by atoms with Crippen LogP contribution in [0.3, 0.4) is 0 Å². The first kappa shape index (κ1) is 9.89. The average Bonchev–Trinajstić information content (AvgIpc) is 2.20. The van der Waals surface area contributed by atoms with Crippen LogP contribution in [0.5, 0.6) is 0 Å². The molecule has 0 amide bonds. The molecular weight excluding hydrogens is 200 g/mol. The van der Waals surface area contributed by atoms with Crippen molar-refractivity contribution in [1.29, 1.82) is 0 Å². The fourth-order valence-electron chi connectivity index (χ4n) is 1.60. The topological polar surface area (TPSA) is 50.4 Å². The summed E-state index contributed by atoms with van der Waals surface area (Å²) in [5.41, 5.74) is 5.89. The smallest absolute Gasteiger partial charge is 0.188 e. The maximum atomic E-state index is 13.4. The molecule has 0 aliphatic carbocycles. The lowest BCUT2D eigenvalue weighted by atomic mass is 9.98. The van der Waals surface area contributed by atoms with E-state index in [1.165, 1.54) is 12.1 Å². The molecule has 0 radical (unpaired) electrons. The minimum atomic E-state index is -0.567. The maximum absolute atomic E-state index is 13.4. The normalized spacial score (nSPS) is 20.7. The Hall–Kier alpha value is -1.65. The van der Waals surface area contributed by atoms with Crippen molar-refractivity contribution in [2.75, 3.05) is 13.1 Å². The Morgan fingerprint density at radius 1 is 1.40 bits per heavy atom. The fraction of sp³-hybridized carbons (Fsp3) is 0.300. The van der Waals surface area contributed by atoms with Gasteiger partial charge in [-0.2, -0.15) is 0 Å². The summed E-state index contributed by atoms with van der Waals surface area (Å²) >= 11 is 0. The second-order valence-electron chi connectivity index (χ2n) is 3.47. The van der Waals surface area contributed by atoms with Crippen molar-refractivity contribution in [2.45, 2.75) is 5.92 Å². The Morgan fingerprint density at radius 2 is 2.20 bits per heavy atom. The average molecular weight is 211 g/mol. The molecule has 2 rings (SSSR count). The quantitative estimate of drug-likeness (QED) is 0.727. The summed E-state index contributed by atoms with van der Waals surface area (Å²) in [5, 5.41) is 2.84.